The summed E-state index contributed by atoms with van der Waals surface area (Å²) < 4.78 is 0. The first-order valence-electron chi connectivity index (χ1n) is 8.52. The molecule has 9 heteroatoms. The fourth-order valence-corrected chi connectivity index (χ4v) is 4.38. The van der Waals surface area contributed by atoms with E-state index < -0.39 is 16.7 Å². The quantitative estimate of drug-likeness (QED) is 0.346. The largest absolute Gasteiger partial charge is 0.365 e. The number of amides is 2. The zero-order valence-electron chi connectivity index (χ0n) is 14.7. The molecule has 1 aromatic heterocycles. The van der Waals surface area contributed by atoms with Crippen molar-refractivity contribution in [1.29, 1.82) is 5.26 Å². The Morgan fingerprint density at radius 2 is 1.93 bits per heavy atom. The van der Waals surface area contributed by atoms with Gasteiger partial charge in [0.2, 0.25) is 0 Å². The third-order valence-corrected chi connectivity index (χ3v) is 5.63. The summed E-state index contributed by atoms with van der Waals surface area (Å²) in [6.07, 6.45) is 4.88. The molecule has 0 fully saturated rings. The van der Waals surface area contributed by atoms with Crippen LogP contribution >= 0.6 is 11.3 Å². The highest BCUT2D eigenvalue weighted by Gasteiger charge is 2.25. The normalized spacial score (nSPS) is 13.3. The van der Waals surface area contributed by atoms with Crippen molar-refractivity contribution in [3.05, 3.63) is 61.5 Å². The smallest absolute Gasteiger partial charge is 0.269 e. The van der Waals surface area contributed by atoms with Gasteiger partial charge in [-0.1, -0.05) is 0 Å². The van der Waals surface area contributed by atoms with Crippen LogP contribution in [-0.4, -0.2) is 16.7 Å². The van der Waals surface area contributed by atoms with Gasteiger partial charge in [-0.2, -0.15) is 5.26 Å². The third kappa shape index (κ3) is 3.92. The molecule has 142 valence electrons. The zero-order chi connectivity index (χ0) is 20.3. The molecule has 0 unspecified atom stereocenters. The molecule has 1 aliphatic carbocycles. The summed E-state index contributed by atoms with van der Waals surface area (Å²) in [5.74, 6) is -1.27. The van der Waals surface area contributed by atoms with Gasteiger partial charge in [0.25, 0.3) is 17.5 Å². The highest BCUT2D eigenvalue weighted by atomic mass is 32.1. The minimum Gasteiger partial charge on any atom is -0.365 e. The summed E-state index contributed by atoms with van der Waals surface area (Å²) in [5, 5.41) is 23.0. The van der Waals surface area contributed by atoms with Crippen molar-refractivity contribution >= 4 is 39.9 Å². The van der Waals surface area contributed by atoms with E-state index in [1.807, 2.05) is 6.07 Å². The molecule has 0 bridgehead atoms. The summed E-state index contributed by atoms with van der Waals surface area (Å²) in [6, 6.07) is 7.29. The Morgan fingerprint density at radius 3 is 2.54 bits per heavy atom. The van der Waals surface area contributed by atoms with Crippen LogP contribution in [0.5, 0.6) is 0 Å². The van der Waals surface area contributed by atoms with Gasteiger partial charge in [-0.15, -0.1) is 11.3 Å². The van der Waals surface area contributed by atoms with Gasteiger partial charge < -0.3 is 11.1 Å². The molecule has 8 nitrogen and oxygen atoms in total. The summed E-state index contributed by atoms with van der Waals surface area (Å²) >= 11 is 1.31. The first-order chi connectivity index (χ1) is 13.4. The van der Waals surface area contributed by atoms with Crippen LogP contribution in [0, 0.1) is 21.4 Å². The number of nitrogens with zero attached hydrogens (tertiary/aromatic N) is 2. The SMILES string of the molecule is N#C/C(=C\c1ccc([N+](=O)[O-])cc1)C(=O)Nc1sc2c(c1C(N)=O)CCCC2. The van der Waals surface area contributed by atoms with Crippen molar-refractivity contribution in [2.24, 2.45) is 5.73 Å². The van der Waals surface area contributed by atoms with Crippen molar-refractivity contribution in [3.8, 4) is 6.07 Å². The number of aryl methyl sites for hydroxylation is 1. The number of carbonyl (C=O) groups is 2. The maximum Gasteiger partial charge on any atom is 0.269 e. The van der Waals surface area contributed by atoms with Crippen molar-refractivity contribution in [3.63, 3.8) is 0 Å². The minimum absolute atomic E-state index is 0.0876. The topological polar surface area (TPSA) is 139 Å². The van der Waals surface area contributed by atoms with Gasteiger partial charge in [-0.3, -0.25) is 19.7 Å². The molecule has 0 spiro atoms. The summed E-state index contributed by atoms with van der Waals surface area (Å²) in [6.45, 7) is 0. The minimum atomic E-state index is -0.665. The predicted octanol–water partition coefficient (Wildman–Crippen LogP) is 3.18. The molecule has 1 aromatic carbocycles. The van der Waals surface area contributed by atoms with E-state index in [9.17, 15) is 25.0 Å². The second-order valence-corrected chi connectivity index (χ2v) is 7.36. The van der Waals surface area contributed by atoms with Crippen LogP contribution in [0.4, 0.5) is 10.7 Å². The lowest BCUT2D eigenvalue weighted by Crippen LogP contribution is -2.19. The number of thiophene rings is 1. The Morgan fingerprint density at radius 1 is 1.25 bits per heavy atom. The number of nitriles is 1. The number of hydrogen-bond acceptors (Lipinski definition) is 6. The first kappa shape index (κ1) is 19.3. The lowest BCUT2D eigenvalue weighted by molar-refractivity contribution is -0.384. The highest BCUT2D eigenvalue weighted by Crippen LogP contribution is 2.38. The number of fused-ring (bicyclic) bond motifs is 1. The van der Waals surface area contributed by atoms with Gasteiger partial charge >= 0.3 is 0 Å². The number of hydrogen-bond donors (Lipinski definition) is 2. The lowest BCUT2D eigenvalue weighted by atomic mass is 9.95. The van der Waals surface area contributed by atoms with Crippen molar-refractivity contribution in [1.82, 2.24) is 0 Å². The molecule has 3 rings (SSSR count). The molecule has 0 aliphatic heterocycles. The van der Waals surface area contributed by atoms with E-state index in [0.29, 0.717) is 16.1 Å². The molecule has 2 amide bonds. The Balaban J connectivity index is 1.87. The van der Waals surface area contributed by atoms with Crippen LogP contribution in [0.25, 0.3) is 6.08 Å². The van der Waals surface area contributed by atoms with Crippen molar-refractivity contribution < 1.29 is 14.5 Å². The molecule has 2 aromatic rings. The molecule has 1 heterocycles. The summed E-state index contributed by atoms with van der Waals surface area (Å²) in [7, 11) is 0. The first-order valence-corrected chi connectivity index (χ1v) is 9.34. The van der Waals surface area contributed by atoms with E-state index in [0.717, 1.165) is 36.1 Å². The second-order valence-electron chi connectivity index (χ2n) is 6.25. The van der Waals surface area contributed by atoms with Gasteiger partial charge in [0.1, 0.15) is 16.6 Å². The fraction of sp³-hybridized carbons (Fsp3) is 0.211. The van der Waals surface area contributed by atoms with E-state index in [2.05, 4.69) is 5.32 Å². The van der Waals surface area contributed by atoms with Crippen LogP contribution < -0.4 is 11.1 Å². The number of anilines is 1. The number of rotatable bonds is 5. The molecular formula is C19H16N4O4S. The zero-order valence-corrected chi connectivity index (χ0v) is 15.5. The molecule has 28 heavy (non-hydrogen) atoms. The van der Waals surface area contributed by atoms with Crippen LogP contribution in [0.1, 0.15) is 39.2 Å². The number of non-ortho nitro benzene ring substituents is 1. The number of nitro benzene ring substituents is 1. The van der Waals surface area contributed by atoms with Crippen LogP contribution in [0.15, 0.2) is 29.8 Å². The van der Waals surface area contributed by atoms with Crippen molar-refractivity contribution in [2.45, 2.75) is 25.7 Å². The Kier molecular flexibility index (Phi) is 5.52. The Hall–Kier alpha value is -3.51. The standard InChI is InChI=1S/C19H16N4O4S/c20-10-12(9-11-5-7-13(8-6-11)23(26)27)18(25)22-19-16(17(21)24)14-3-1-2-4-15(14)28-19/h5-9H,1-4H2,(H2,21,24)(H,22,25)/b12-9+. The maximum atomic E-state index is 12.6. The molecule has 0 saturated heterocycles. The average Bonchev–Trinajstić information content (AvgIpc) is 3.04. The van der Waals surface area contributed by atoms with Crippen molar-refractivity contribution in [2.75, 3.05) is 5.32 Å². The number of nitro groups is 1. The number of primary amides is 1. The monoisotopic (exact) mass is 396 g/mol. The van der Waals surface area contributed by atoms with Gasteiger partial charge in [0.15, 0.2) is 0 Å². The Bertz CT molecular complexity index is 1030. The van der Waals surface area contributed by atoms with E-state index in [1.165, 1.54) is 41.7 Å². The van der Waals surface area contributed by atoms with Crippen LogP contribution in [-0.2, 0) is 17.6 Å². The van der Waals surface area contributed by atoms with Gasteiger partial charge in [0.05, 0.1) is 10.5 Å². The van der Waals surface area contributed by atoms with Gasteiger partial charge in [-0.25, -0.2) is 0 Å². The van der Waals surface area contributed by atoms with Gasteiger partial charge in [-0.05, 0) is 55.0 Å². The van der Waals surface area contributed by atoms with Crippen LogP contribution in [0.2, 0.25) is 0 Å². The van der Waals surface area contributed by atoms with E-state index in [-0.39, 0.29) is 11.3 Å². The van der Waals surface area contributed by atoms with E-state index >= 15 is 0 Å². The average molecular weight is 396 g/mol. The fourth-order valence-electron chi connectivity index (χ4n) is 3.09. The van der Waals surface area contributed by atoms with E-state index in [4.69, 9.17) is 5.73 Å². The highest BCUT2D eigenvalue weighted by molar-refractivity contribution is 7.17. The molecule has 0 radical (unpaired) electrons. The summed E-state index contributed by atoms with van der Waals surface area (Å²) in [4.78, 5) is 35.7. The summed E-state index contributed by atoms with van der Waals surface area (Å²) in [5.41, 5.74) is 6.92. The predicted molar refractivity (Wildman–Crippen MR) is 105 cm³/mol. The van der Waals surface area contributed by atoms with Gasteiger partial charge in [0, 0.05) is 17.0 Å². The maximum absolute atomic E-state index is 12.6. The Labute approximate surface area is 164 Å². The molecule has 1 aliphatic rings. The van der Waals surface area contributed by atoms with E-state index in [1.54, 1.807) is 0 Å². The molecule has 0 atom stereocenters. The van der Waals surface area contributed by atoms with Crippen LogP contribution in [0.3, 0.4) is 0 Å². The number of carbonyl (C=O) groups excluding carboxylic acids is 2. The number of nitrogens with one attached hydrogen (secondary N) is 1. The number of benzene rings is 1. The molecular weight excluding hydrogens is 380 g/mol. The number of nitrogens with two attached hydrogens (primary N) is 1. The second kappa shape index (κ2) is 8.02. The molecule has 0 saturated carbocycles. The third-order valence-electron chi connectivity index (χ3n) is 4.42. The molecule has 3 N–H and O–H groups in total. The lowest BCUT2D eigenvalue weighted by Gasteiger charge is -2.11.